The van der Waals surface area contributed by atoms with Gasteiger partial charge in [0, 0.05) is 21.6 Å². The number of benzene rings is 2. The molecule has 1 aromatic heterocycles. The summed E-state index contributed by atoms with van der Waals surface area (Å²) in [5.74, 6) is -2.64. The van der Waals surface area contributed by atoms with Crippen molar-refractivity contribution in [1.29, 1.82) is 0 Å². The van der Waals surface area contributed by atoms with Crippen molar-refractivity contribution in [3.05, 3.63) is 64.6 Å². The number of hydrogen-bond acceptors (Lipinski definition) is 3. The van der Waals surface area contributed by atoms with Gasteiger partial charge in [-0.15, -0.1) is 0 Å². The summed E-state index contributed by atoms with van der Waals surface area (Å²) >= 11 is 6.10. The van der Waals surface area contributed by atoms with Gasteiger partial charge in [-0.2, -0.15) is 0 Å². The van der Waals surface area contributed by atoms with E-state index >= 15 is 0 Å². The molecular weight excluding hydrogens is 417 g/mol. The lowest BCUT2D eigenvalue weighted by Crippen LogP contribution is -2.51. The van der Waals surface area contributed by atoms with E-state index in [9.17, 15) is 22.7 Å². The normalized spacial score (nSPS) is 18.9. The number of nitrogens with one attached hydrogen (secondary N) is 1. The van der Waals surface area contributed by atoms with Crippen molar-refractivity contribution in [3.63, 3.8) is 0 Å². The van der Waals surface area contributed by atoms with E-state index in [1.807, 2.05) is 12.1 Å². The Hall–Kier alpha value is -2.38. The van der Waals surface area contributed by atoms with Crippen LogP contribution in [0.1, 0.15) is 24.6 Å². The highest BCUT2D eigenvalue weighted by atomic mass is 35.5. The molecule has 4 rings (SSSR count). The van der Waals surface area contributed by atoms with Crippen molar-refractivity contribution in [2.45, 2.75) is 35.8 Å². The summed E-state index contributed by atoms with van der Waals surface area (Å²) in [6.07, 6.45) is 1.22. The third kappa shape index (κ3) is 3.04. The van der Waals surface area contributed by atoms with E-state index in [0.717, 1.165) is 46.4 Å². The summed E-state index contributed by atoms with van der Waals surface area (Å²) in [7, 11) is -4.26. The number of carbonyl (C=O) groups is 1. The first-order chi connectivity index (χ1) is 13.6. The van der Waals surface area contributed by atoms with E-state index < -0.39 is 32.3 Å². The zero-order valence-corrected chi connectivity index (χ0v) is 17.1. The number of carboxylic acids is 1. The Morgan fingerprint density at radius 3 is 2.59 bits per heavy atom. The second-order valence-corrected chi connectivity index (χ2v) is 10.3. The van der Waals surface area contributed by atoms with Gasteiger partial charge in [0.05, 0.1) is 4.90 Å². The summed E-state index contributed by atoms with van der Waals surface area (Å²) in [5.41, 5.74) is 2.77. The van der Waals surface area contributed by atoms with Gasteiger partial charge < -0.3 is 10.1 Å². The molecule has 2 aromatic carbocycles. The molecule has 1 aliphatic carbocycles. The van der Waals surface area contributed by atoms with Crippen molar-refractivity contribution >= 4 is 38.3 Å². The van der Waals surface area contributed by atoms with Crippen LogP contribution in [-0.2, 0) is 27.5 Å². The molecule has 0 saturated heterocycles. The Labute approximate surface area is 172 Å². The third-order valence-electron chi connectivity index (χ3n) is 6.04. The highest BCUT2D eigenvalue weighted by Crippen LogP contribution is 2.42. The van der Waals surface area contributed by atoms with Crippen LogP contribution in [0.3, 0.4) is 0 Å². The summed E-state index contributed by atoms with van der Waals surface area (Å²) < 4.78 is 37.8. The van der Waals surface area contributed by atoms with Gasteiger partial charge in [-0.05, 0) is 80.1 Å². The van der Waals surface area contributed by atoms with Crippen LogP contribution in [0.2, 0.25) is 5.02 Å². The Morgan fingerprint density at radius 1 is 1.24 bits per heavy atom. The largest absolute Gasteiger partial charge is 0.480 e. The van der Waals surface area contributed by atoms with E-state index in [2.05, 4.69) is 4.98 Å². The number of aryl methyl sites for hydroxylation is 1. The lowest BCUT2D eigenvalue weighted by molar-refractivity contribution is -0.141. The molecule has 2 N–H and O–H groups in total. The molecule has 1 heterocycles. The summed E-state index contributed by atoms with van der Waals surface area (Å²) in [4.78, 5) is 15.3. The number of hydrogen-bond donors (Lipinski definition) is 2. The highest BCUT2D eigenvalue weighted by molar-refractivity contribution is 7.93. The minimum Gasteiger partial charge on any atom is -0.480 e. The molecule has 29 heavy (non-hydrogen) atoms. The van der Waals surface area contributed by atoms with Crippen molar-refractivity contribution in [2.24, 2.45) is 5.92 Å². The van der Waals surface area contributed by atoms with Gasteiger partial charge in [-0.1, -0.05) is 11.6 Å². The number of H-pyrrole nitrogens is 1. The standard InChI is InChI=1S/C21H19ClFNO4S/c1-21(20(25)26,29(27,28)15-6-4-14(23)5-7-15)12-2-8-16-17-11-13(22)3-9-18(17)24-19(16)10-12/h3-7,9,11-12,24H,2,8,10H2,1H3,(H,25,26). The molecule has 5 nitrogen and oxygen atoms in total. The molecule has 8 heteroatoms. The quantitative estimate of drug-likeness (QED) is 0.595. The minimum absolute atomic E-state index is 0.196. The van der Waals surface area contributed by atoms with Crippen LogP contribution < -0.4 is 0 Å². The van der Waals surface area contributed by atoms with Gasteiger partial charge in [0.1, 0.15) is 5.82 Å². The van der Waals surface area contributed by atoms with Gasteiger partial charge in [0.25, 0.3) is 0 Å². The van der Waals surface area contributed by atoms with Crippen LogP contribution in [-0.4, -0.2) is 29.2 Å². The zero-order valence-electron chi connectivity index (χ0n) is 15.6. The molecular formula is C21H19ClFNO4S. The van der Waals surface area contributed by atoms with Gasteiger partial charge >= 0.3 is 5.97 Å². The molecule has 0 spiro atoms. The number of rotatable bonds is 4. The third-order valence-corrected chi connectivity index (χ3v) is 8.79. The molecule has 0 aliphatic heterocycles. The molecule has 0 fully saturated rings. The molecule has 2 atom stereocenters. The van der Waals surface area contributed by atoms with Crippen molar-refractivity contribution in [2.75, 3.05) is 0 Å². The van der Waals surface area contributed by atoms with Gasteiger partial charge in [-0.3, -0.25) is 4.79 Å². The number of halogens is 2. The Morgan fingerprint density at radius 2 is 1.93 bits per heavy atom. The Kier molecular flexibility index (Phi) is 4.70. The molecule has 0 saturated carbocycles. The monoisotopic (exact) mass is 435 g/mol. The summed E-state index contributed by atoms with van der Waals surface area (Å²) in [6, 6.07) is 9.76. The van der Waals surface area contributed by atoms with Crippen LogP contribution in [0.25, 0.3) is 10.9 Å². The predicted octanol–water partition coefficient (Wildman–Crippen LogP) is 4.38. The fourth-order valence-corrected chi connectivity index (χ4v) is 6.27. The first-order valence-electron chi connectivity index (χ1n) is 9.17. The van der Waals surface area contributed by atoms with Crippen LogP contribution in [0.5, 0.6) is 0 Å². The van der Waals surface area contributed by atoms with Crippen molar-refractivity contribution in [1.82, 2.24) is 4.98 Å². The van der Waals surface area contributed by atoms with Gasteiger partial charge in [0.15, 0.2) is 14.6 Å². The van der Waals surface area contributed by atoms with Crippen LogP contribution >= 0.6 is 11.6 Å². The molecule has 2 unspecified atom stereocenters. The highest BCUT2D eigenvalue weighted by Gasteiger charge is 2.54. The number of fused-ring (bicyclic) bond motifs is 3. The van der Waals surface area contributed by atoms with E-state index in [-0.39, 0.29) is 11.3 Å². The molecule has 1 aliphatic rings. The zero-order chi connectivity index (χ0) is 21.0. The number of aromatic amines is 1. The van der Waals surface area contributed by atoms with Gasteiger partial charge in [0.2, 0.25) is 0 Å². The second-order valence-electron chi connectivity index (χ2n) is 7.58. The lowest BCUT2D eigenvalue weighted by Gasteiger charge is -2.35. The van der Waals surface area contributed by atoms with E-state index in [4.69, 9.17) is 11.6 Å². The molecule has 3 aromatic rings. The van der Waals surface area contributed by atoms with Crippen molar-refractivity contribution in [3.8, 4) is 0 Å². The van der Waals surface area contributed by atoms with Crippen LogP contribution in [0.15, 0.2) is 47.4 Å². The number of aliphatic carboxylic acids is 1. The summed E-state index contributed by atoms with van der Waals surface area (Å²) in [5, 5.41) is 11.6. The number of carboxylic acid groups (broad SMARTS) is 1. The van der Waals surface area contributed by atoms with Crippen LogP contribution in [0.4, 0.5) is 4.39 Å². The first kappa shape index (κ1) is 19.9. The maximum Gasteiger partial charge on any atom is 0.325 e. The van der Waals surface area contributed by atoms with Crippen molar-refractivity contribution < 1.29 is 22.7 Å². The Bertz CT molecular complexity index is 1220. The molecule has 0 amide bonds. The number of sulfone groups is 1. The summed E-state index contributed by atoms with van der Waals surface area (Å²) in [6.45, 7) is 1.25. The van der Waals surface area contributed by atoms with Gasteiger partial charge in [-0.25, -0.2) is 12.8 Å². The Balaban J connectivity index is 1.78. The predicted molar refractivity (Wildman–Crippen MR) is 108 cm³/mol. The number of aromatic nitrogens is 1. The van der Waals surface area contributed by atoms with E-state index in [1.165, 1.54) is 6.92 Å². The fourth-order valence-electron chi connectivity index (χ4n) is 4.24. The molecule has 152 valence electrons. The minimum atomic E-state index is -4.26. The second kappa shape index (κ2) is 6.85. The average molecular weight is 436 g/mol. The topological polar surface area (TPSA) is 87.2 Å². The van der Waals surface area contributed by atoms with E-state index in [1.54, 1.807) is 6.07 Å². The maximum atomic E-state index is 13.3. The van der Waals surface area contributed by atoms with Crippen LogP contribution in [0, 0.1) is 11.7 Å². The molecule has 0 radical (unpaired) electrons. The molecule has 0 bridgehead atoms. The fraction of sp³-hybridized carbons (Fsp3) is 0.286. The first-order valence-corrected chi connectivity index (χ1v) is 11.0. The average Bonchev–Trinajstić information content (AvgIpc) is 3.04. The SMILES string of the molecule is CC(C(=O)O)(C1CCc2c([nH]c3ccc(Cl)cc23)C1)S(=O)(=O)c1ccc(F)cc1. The lowest BCUT2D eigenvalue weighted by atomic mass is 9.79. The maximum absolute atomic E-state index is 13.3. The van der Waals surface area contributed by atoms with E-state index in [0.29, 0.717) is 17.9 Å². The smallest absolute Gasteiger partial charge is 0.325 e.